The van der Waals surface area contributed by atoms with Crippen molar-refractivity contribution in [2.24, 2.45) is 7.05 Å². The van der Waals surface area contributed by atoms with Crippen molar-refractivity contribution >= 4 is 32.6 Å². The van der Waals surface area contributed by atoms with Crippen LogP contribution in [0.1, 0.15) is 56.2 Å². The second-order valence-electron chi connectivity index (χ2n) is 10.8. The molecule has 4 heteroatoms. The van der Waals surface area contributed by atoms with Crippen LogP contribution in [0.15, 0.2) is 84.9 Å². The monoisotopic (exact) mass is 516 g/mol. The zero-order valence-corrected chi connectivity index (χ0v) is 23.8. The highest BCUT2D eigenvalue weighted by Gasteiger charge is 2.31. The molecule has 0 fully saturated rings. The summed E-state index contributed by atoms with van der Waals surface area (Å²) in [6.07, 6.45) is 0. The average molecular weight is 517 g/mol. The van der Waals surface area contributed by atoms with Gasteiger partial charge in [0.05, 0.1) is 22.8 Å². The molecule has 3 nitrogen and oxygen atoms in total. The third kappa shape index (κ3) is 3.95. The van der Waals surface area contributed by atoms with Gasteiger partial charge in [-0.2, -0.15) is 4.57 Å². The number of nitrogens with zero attached hydrogens (tertiary/aromatic N) is 3. The Morgan fingerprint density at radius 3 is 2.13 bits per heavy atom. The molecule has 0 aliphatic carbocycles. The Kier molecular flexibility index (Phi) is 6.16. The molecule has 0 aliphatic rings. The molecule has 0 aliphatic heterocycles. The number of imidazole rings is 1. The molecule has 0 radical (unpaired) electrons. The lowest BCUT2D eigenvalue weighted by Crippen LogP contribution is -2.30. The number of thiazole rings is 1. The highest BCUT2D eigenvalue weighted by molar-refractivity contribution is 7.21. The van der Waals surface area contributed by atoms with Crippen LogP contribution in [0.5, 0.6) is 0 Å². The van der Waals surface area contributed by atoms with Crippen molar-refractivity contribution < 1.29 is 4.57 Å². The second kappa shape index (κ2) is 9.52. The minimum atomic E-state index is 0.404. The molecule has 0 N–H and O–H groups in total. The summed E-state index contributed by atoms with van der Waals surface area (Å²) in [6, 6.07) is 30.7. The van der Waals surface area contributed by atoms with Gasteiger partial charge >= 0.3 is 0 Å². The number of para-hydroxylation sites is 3. The van der Waals surface area contributed by atoms with Crippen molar-refractivity contribution in [1.29, 1.82) is 0 Å². The van der Waals surface area contributed by atoms with Gasteiger partial charge in [-0.3, -0.25) is 0 Å². The molecule has 0 saturated carbocycles. The van der Waals surface area contributed by atoms with Gasteiger partial charge in [0.1, 0.15) is 10.7 Å². The molecular formula is C34H34N3S+. The van der Waals surface area contributed by atoms with E-state index in [0.29, 0.717) is 11.8 Å². The lowest BCUT2D eigenvalue weighted by Gasteiger charge is -2.18. The zero-order chi connectivity index (χ0) is 26.6. The Morgan fingerprint density at radius 1 is 0.789 bits per heavy atom. The molecule has 0 bridgehead atoms. The van der Waals surface area contributed by atoms with Crippen LogP contribution in [0.4, 0.5) is 0 Å². The van der Waals surface area contributed by atoms with Crippen molar-refractivity contribution in [3.8, 4) is 27.6 Å². The van der Waals surface area contributed by atoms with E-state index >= 15 is 0 Å². The van der Waals surface area contributed by atoms with Gasteiger partial charge in [-0.15, -0.1) is 11.3 Å². The molecule has 0 atom stereocenters. The summed E-state index contributed by atoms with van der Waals surface area (Å²) in [7, 11) is 2.20. The van der Waals surface area contributed by atoms with Crippen LogP contribution in [0.25, 0.3) is 48.9 Å². The molecule has 38 heavy (non-hydrogen) atoms. The van der Waals surface area contributed by atoms with Gasteiger partial charge in [0.2, 0.25) is 0 Å². The Balaban J connectivity index is 1.69. The summed E-state index contributed by atoms with van der Waals surface area (Å²) >= 11 is 1.77. The third-order valence-corrected chi connectivity index (χ3v) is 8.64. The summed E-state index contributed by atoms with van der Waals surface area (Å²) in [5.74, 6) is 2.01. The van der Waals surface area contributed by atoms with E-state index in [1.807, 2.05) is 0 Å². The SMILES string of the molecule is Cc1cc2nc(-c3ccccc3)sc2cc1-c1n(-c2c(C(C)C)cccc2C(C)C)c2ccccc2[n+]1C. The van der Waals surface area contributed by atoms with Gasteiger partial charge in [-0.05, 0) is 48.6 Å². The van der Waals surface area contributed by atoms with Crippen LogP contribution >= 0.6 is 11.3 Å². The van der Waals surface area contributed by atoms with Gasteiger partial charge in [0.15, 0.2) is 11.0 Å². The summed E-state index contributed by atoms with van der Waals surface area (Å²) in [5.41, 5.74) is 11.2. The van der Waals surface area contributed by atoms with Crippen LogP contribution in [0, 0.1) is 6.92 Å². The molecule has 0 unspecified atom stereocenters. The van der Waals surface area contributed by atoms with Crippen LogP contribution in [-0.4, -0.2) is 9.55 Å². The molecule has 4 aromatic carbocycles. The first-order valence-corrected chi connectivity index (χ1v) is 14.3. The van der Waals surface area contributed by atoms with E-state index in [1.165, 1.54) is 55.1 Å². The molecule has 6 rings (SSSR count). The standard InChI is InChI=1S/C34H34N3S/c1-21(2)25-15-12-16-26(22(3)4)32(25)37-30-18-11-10-17-29(30)36(6)34(37)27-20-31-28(19-23(27)5)35-33(38-31)24-13-8-7-9-14-24/h7-22H,1-6H3/q+1. The van der Waals surface area contributed by atoms with E-state index in [4.69, 9.17) is 4.98 Å². The molecular weight excluding hydrogens is 482 g/mol. The van der Waals surface area contributed by atoms with Gasteiger partial charge in [0, 0.05) is 16.7 Å². The lowest BCUT2D eigenvalue weighted by molar-refractivity contribution is -0.633. The van der Waals surface area contributed by atoms with Crippen LogP contribution < -0.4 is 4.57 Å². The van der Waals surface area contributed by atoms with E-state index in [1.54, 1.807) is 11.3 Å². The first kappa shape index (κ1) is 24.6. The molecule has 190 valence electrons. The van der Waals surface area contributed by atoms with Crippen molar-refractivity contribution in [2.45, 2.75) is 46.5 Å². The average Bonchev–Trinajstić information content (AvgIpc) is 3.46. The molecule has 0 saturated heterocycles. The normalized spacial score (nSPS) is 11.9. The van der Waals surface area contributed by atoms with Crippen LogP contribution in [0.2, 0.25) is 0 Å². The highest BCUT2D eigenvalue weighted by atomic mass is 32.1. The third-order valence-electron chi connectivity index (χ3n) is 7.58. The predicted molar refractivity (Wildman–Crippen MR) is 161 cm³/mol. The minimum Gasteiger partial charge on any atom is -0.236 e. The number of hydrogen-bond acceptors (Lipinski definition) is 2. The molecule has 6 aromatic rings. The Morgan fingerprint density at radius 2 is 1.45 bits per heavy atom. The number of fused-ring (bicyclic) bond motifs is 2. The molecule has 2 heterocycles. The van der Waals surface area contributed by atoms with Crippen LogP contribution in [0.3, 0.4) is 0 Å². The minimum absolute atomic E-state index is 0.404. The molecule has 0 spiro atoms. The lowest BCUT2D eigenvalue weighted by atomic mass is 9.92. The van der Waals surface area contributed by atoms with Gasteiger partial charge < -0.3 is 0 Å². The maximum Gasteiger partial charge on any atom is 0.295 e. The fraction of sp³-hybridized carbons (Fsp3) is 0.235. The first-order chi connectivity index (χ1) is 18.3. The maximum atomic E-state index is 5.00. The van der Waals surface area contributed by atoms with Crippen molar-refractivity contribution in [1.82, 2.24) is 9.55 Å². The quantitative estimate of drug-likeness (QED) is 0.210. The number of aryl methyl sites for hydroxylation is 2. The fourth-order valence-electron chi connectivity index (χ4n) is 5.64. The van der Waals surface area contributed by atoms with E-state index in [-0.39, 0.29) is 0 Å². The Bertz CT molecular complexity index is 1760. The summed E-state index contributed by atoms with van der Waals surface area (Å²) in [6.45, 7) is 11.4. The highest BCUT2D eigenvalue weighted by Crippen LogP contribution is 2.39. The largest absolute Gasteiger partial charge is 0.295 e. The number of benzene rings is 4. The Labute approximate surface area is 229 Å². The van der Waals surface area contributed by atoms with Crippen molar-refractivity contribution in [3.63, 3.8) is 0 Å². The van der Waals surface area contributed by atoms with Gasteiger partial charge in [-0.1, -0.05) is 88.4 Å². The van der Waals surface area contributed by atoms with E-state index < -0.39 is 0 Å². The topological polar surface area (TPSA) is 21.7 Å². The van der Waals surface area contributed by atoms with Gasteiger partial charge in [0.25, 0.3) is 5.82 Å². The summed E-state index contributed by atoms with van der Waals surface area (Å²) in [5, 5.41) is 1.06. The molecule has 2 aromatic heterocycles. The fourth-order valence-corrected chi connectivity index (χ4v) is 6.63. The van der Waals surface area contributed by atoms with Crippen LogP contribution in [-0.2, 0) is 7.05 Å². The second-order valence-corrected chi connectivity index (χ2v) is 11.9. The summed E-state index contributed by atoms with van der Waals surface area (Å²) in [4.78, 5) is 5.00. The number of hydrogen-bond donors (Lipinski definition) is 0. The first-order valence-electron chi connectivity index (χ1n) is 13.4. The van der Waals surface area contributed by atoms with Gasteiger partial charge in [-0.25, -0.2) is 9.55 Å². The Hall–Kier alpha value is -3.76. The van der Waals surface area contributed by atoms with E-state index in [0.717, 1.165) is 10.5 Å². The summed E-state index contributed by atoms with van der Waals surface area (Å²) < 4.78 is 6.10. The van der Waals surface area contributed by atoms with Crippen molar-refractivity contribution in [2.75, 3.05) is 0 Å². The molecule has 0 amide bonds. The maximum absolute atomic E-state index is 5.00. The predicted octanol–water partition coefficient (Wildman–Crippen LogP) is 8.95. The number of aromatic nitrogens is 3. The smallest absolute Gasteiger partial charge is 0.236 e. The van der Waals surface area contributed by atoms with E-state index in [9.17, 15) is 0 Å². The number of rotatable bonds is 5. The zero-order valence-electron chi connectivity index (χ0n) is 23.0. The van der Waals surface area contributed by atoms with E-state index in [2.05, 4.69) is 136 Å². The van der Waals surface area contributed by atoms with Crippen molar-refractivity contribution in [3.05, 3.63) is 102 Å².